The van der Waals surface area contributed by atoms with E-state index in [1.54, 1.807) is 12.3 Å². The van der Waals surface area contributed by atoms with Gasteiger partial charge in [0.05, 0.1) is 10.3 Å². The number of hydrogen-bond donors (Lipinski definition) is 0. The van der Waals surface area contributed by atoms with Crippen molar-refractivity contribution in [3.63, 3.8) is 0 Å². The number of halogens is 1. The lowest BCUT2D eigenvalue weighted by molar-refractivity contribution is 0.0753. The van der Waals surface area contributed by atoms with E-state index in [9.17, 15) is 9.59 Å². The summed E-state index contributed by atoms with van der Waals surface area (Å²) in [4.78, 5) is 31.6. The number of rotatable bonds is 4. The molecule has 2 atom stereocenters. The van der Waals surface area contributed by atoms with Crippen molar-refractivity contribution in [3.05, 3.63) is 94.6 Å². The normalized spacial score (nSPS) is 25.4. The molecular weight excluding hydrogens is 438 g/mol. The van der Waals surface area contributed by atoms with Gasteiger partial charge in [-0.25, -0.2) is 4.98 Å². The van der Waals surface area contributed by atoms with Crippen LogP contribution in [0.15, 0.2) is 78.0 Å². The molecule has 3 aromatic rings. The van der Waals surface area contributed by atoms with Gasteiger partial charge in [-0.3, -0.25) is 9.59 Å². The average Bonchev–Trinajstić information content (AvgIpc) is 2.84. The number of carbonyl (C=O) groups excluding carboxylic acids is 2. The number of hydrogen-bond acceptors (Lipinski definition) is 4. The third-order valence-electron chi connectivity index (χ3n) is 6.85. The fraction of sp³-hybridized carbons (Fsp3) is 0.296. The molecule has 1 heterocycles. The first-order valence-corrected chi connectivity index (χ1v) is 12.4. The molecule has 0 unspecified atom stereocenters. The lowest BCUT2D eigenvalue weighted by Gasteiger charge is -2.39. The topological polar surface area (TPSA) is 47.0 Å². The number of pyridine rings is 1. The summed E-state index contributed by atoms with van der Waals surface area (Å²) < 4.78 is 0. The highest BCUT2D eigenvalue weighted by Crippen LogP contribution is 2.46. The molecule has 162 valence electrons. The van der Waals surface area contributed by atoms with Gasteiger partial charge in [-0.05, 0) is 67.3 Å². The molecule has 1 fully saturated rings. The van der Waals surface area contributed by atoms with E-state index in [1.165, 1.54) is 17.3 Å². The Bertz CT molecular complexity index is 1120. The van der Waals surface area contributed by atoms with Crippen molar-refractivity contribution in [2.24, 2.45) is 11.8 Å². The van der Waals surface area contributed by atoms with Gasteiger partial charge in [0.2, 0.25) is 0 Å². The number of carbonyl (C=O) groups is 2. The monoisotopic (exact) mass is 461 g/mol. The molecule has 0 N–H and O–H groups in total. The SMILES string of the molecule is O=C1c2ccccc2C(=O)[C@@H](C2CCC(c3ccc(Cl)cc3)CC2)[C@@H]1Sc1ccccn1. The molecule has 5 heteroatoms. The molecule has 1 aromatic heterocycles. The Balaban J connectivity index is 1.42. The zero-order valence-electron chi connectivity index (χ0n) is 17.6. The van der Waals surface area contributed by atoms with Crippen LogP contribution in [-0.4, -0.2) is 21.8 Å². The molecule has 32 heavy (non-hydrogen) atoms. The highest BCUT2D eigenvalue weighted by atomic mass is 35.5. The minimum Gasteiger partial charge on any atom is -0.294 e. The number of aromatic nitrogens is 1. The van der Waals surface area contributed by atoms with Crippen LogP contribution in [0.4, 0.5) is 0 Å². The van der Waals surface area contributed by atoms with Crippen LogP contribution in [0.1, 0.15) is 57.9 Å². The smallest absolute Gasteiger partial charge is 0.177 e. The molecular formula is C27H24ClNO2S. The number of ketones is 2. The second-order valence-corrected chi connectivity index (χ2v) is 10.3. The number of Topliss-reactive ketones (excluding diaryl/α,β-unsaturated/α-hetero) is 2. The van der Waals surface area contributed by atoms with Gasteiger partial charge in [0.25, 0.3) is 0 Å². The third kappa shape index (κ3) is 4.14. The first-order chi connectivity index (χ1) is 15.6. The summed E-state index contributed by atoms with van der Waals surface area (Å²) in [6, 6.07) is 21.1. The van der Waals surface area contributed by atoms with Crippen LogP contribution in [0, 0.1) is 11.8 Å². The maximum Gasteiger partial charge on any atom is 0.177 e. The van der Waals surface area contributed by atoms with Gasteiger partial charge in [0.1, 0.15) is 0 Å². The highest BCUT2D eigenvalue weighted by molar-refractivity contribution is 8.00. The zero-order chi connectivity index (χ0) is 22.1. The molecule has 0 bridgehead atoms. The fourth-order valence-corrected chi connectivity index (χ4v) is 6.62. The summed E-state index contributed by atoms with van der Waals surface area (Å²) >= 11 is 7.50. The fourth-order valence-electron chi connectivity index (χ4n) is 5.23. The van der Waals surface area contributed by atoms with E-state index < -0.39 is 5.25 Å². The van der Waals surface area contributed by atoms with Crippen molar-refractivity contribution < 1.29 is 9.59 Å². The molecule has 3 nitrogen and oxygen atoms in total. The Hall–Kier alpha value is -2.43. The summed E-state index contributed by atoms with van der Waals surface area (Å²) in [6.45, 7) is 0. The Morgan fingerprint density at radius 3 is 2.09 bits per heavy atom. The van der Waals surface area contributed by atoms with Gasteiger partial charge < -0.3 is 0 Å². The van der Waals surface area contributed by atoms with E-state index in [0.717, 1.165) is 35.7 Å². The van der Waals surface area contributed by atoms with Gasteiger partial charge in [0, 0.05) is 28.3 Å². The summed E-state index contributed by atoms with van der Waals surface area (Å²) in [5.74, 6) is 0.538. The van der Waals surface area contributed by atoms with E-state index in [-0.39, 0.29) is 23.4 Å². The predicted molar refractivity (Wildman–Crippen MR) is 129 cm³/mol. The molecule has 2 aliphatic rings. The van der Waals surface area contributed by atoms with Gasteiger partial charge in [-0.15, -0.1) is 0 Å². The second-order valence-electron chi connectivity index (χ2n) is 8.67. The first kappa shape index (κ1) is 21.4. The average molecular weight is 462 g/mol. The molecule has 2 aliphatic carbocycles. The van der Waals surface area contributed by atoms with E-state index in [2.05, 4.69) is 17.1 Å². The maximum atomic E-state index is 13.7. The van der Waals surface area contributed by atoms with Crippen LogP contribution in [-0.2, 0) is 0 Å². The molecule has 0 amide bonds. The molecule has 0 spiro atoms. The molecule has 2 aromatic carbocycles. The number of thioether (sulfide) groups is 1. The van der Waals surface area contributed by atoms with Crippen molar-refractivity contribution in [2.75, 3.05) is 0 Å². The van der Waals surface area contributed by atoms with Crippen molar-refractivity contribution in [3.8, 4) is 0 Å². The Kier molecular flexibility index (Phi) is 6.16. The largest absolute Gasteiger partial charge is 0.294 e. The predicted octanol–water partition coefficient (Wildman–Crippen LogP) is 6.87. The zero-order valence-corrected chi connectivity index (χ0v) is 19.2. The van der Waals surface area contributed by atoms with E-state index in [4.69, 9.17) is 11.6 Å². The van der Waals surface area contributed by atoms with Crippen molar-refractivity contribution in [1.29, 1.82) is 0 Å². The molecule has 1 saturated carbocycles. The molecule has 0 radical (unpaired) electrons. The molecule has 0 aliphatic heterocycles. The van der Waals surface area contributed by atoms with Crippen LogP contribution in [0.5, 0.6) is 0 Å². The van der Waals surface area contributed by atoms with Crippen molar-refractivity contribution in [1.82, 2.24) is 4.98 Å². The first-order valence-electron chi connectivity index (χ1n) is 11.1. The van der Waals surface area contributed by atoms with Gasteiger partial charge in [-0.2, -0.15) is 0 Å². The number of fused-ring (bicyclic) bond motifs is 1. The Morgan fingerprint density at radius 1 is 0.781 bits per heavy atom. The lowest BCUT2D eigenvalue weighted by Crippen LogP contribution is -2.43. The van der Waals surface area contributed by atoms with Gasteiger partial charge in [0.15, 0.2) is 11.6 Å². The summed E-state index contributed by atoms with van der Waals surface area (Å²) in [5.41, 5.74) is 2.45. The Labute approximate surface area is 197 Å². The van der Waals surface area contributed by atoms with E-state index in [0.29, 0.717) is 17.0 Å². The second kappa shape index (κ2) is 9.21. The highest BCUT2D eigenvalue weighted by Gasteiger charge is 2.46. The number of benzene rings is 2. The quantitative estimate of drug-likeness (QED) is 0.425. The summed E-state index contributed by atoms with van der Waals surface area (Å²) in [6.07, 6.45) is 5.66. The summed E-state index contributed by atoms with van der Waals surface area (Å²) in [7, 11) is 0. The van der Waals surface area contributed by atoms with Crippen LogP contribution in [0.3, 0.4) is 0 Å². The summed E-state index contributed by atoms with van der Waals surface area (Å²) in [5, 5.41) is 1.11. The van der Waals surface area contributed by atoms with Gasteiger partial charge >= 0.3 is 0 Å². The van der Waals surface area contributed by atoms with E-state index >= 15 is 0 Å². The molecule has 0 saturated heterocycles. The number of nitrogens with zero attached hydrogens (tertiary/aromatic N) is 1. The third-order valence-corrected chi connectivity index (χ3v) is 8.35. The van der Waals surface area contributed by atoms with Gasteiger partial charge in [-0.1, -0.05) is 65.8 Å². The standard InChI is InChI=1S/C27H24ClNO2S/c28-20-14-12-18(13-15-20)17-8-10-19(11-9-17)24-25(30)21-5-1-2-6-22(21)26(31)27(24)32-23-7-3-4-16-29-23/h1-7,12-17,19,24,27H,8-11H2/t17?,19?,24-,27+/m1/s1. The van der Waals surface area contributed by atoms with Crippen LogP contribution >= 0.6 is 23.4 Å². The van der Waals surface area contributed by atoms with E-state index in [1.807, 2.05) is 48.5 Å². The minimum absolute atomic E-state index is 0.0562. The van der Waals surface area contributed by atoms with Crippen LogP contribution in [0.2, 0.25) is 5.02 Å². The Morgan fingerprint density at radius 2 is 1.44 bits per heavy atom. The van der Waals surface area contributed by atoms with Crippen LogP contribution < -0.4 is 0 Å². The van der Waals surface area contributed by atoms with Crippen molar-refractivity contribution in [2.45, 2.75) is 41.9 Å². The van der Waals surface area contributed by atoms with Crippen LogP contribution in [0.25, 0.3) is 0 Å². The molecule has 5 rings (SSSR count). The van der Waals surface area contributed by atoms with Crippen molar-refractivity contribution >= 4 is 34.9 Å². The lowest BCUT2D eigenvalue weighted by atomic mass is 9.68. The maximum absolute atomic E-state index is 13.7. The minimum atomic E-state index is -0.426.